The Labute approximate surface area is 73.6 Å². The SMILES string of the molecule is C=C1N(C)CC(=O)N(C)C1(C)C. The average molecular weight is 168 g/mol. The third kappa shape index (κ3) is 1.09. The first-order chi connectivity index (χ1) is 5.37. The molecule has 0 spiro atoms. The lowest BCUT2D eigenvalue weighted by Gasteiger charge is -2.46. The molecule has 1 saturated heterocycles. The van der Waals surface area contributed by atoms with Gasteiger partial charge in [0.2, 0.25) is 5.91 Å². The van der Waals surface area contributed by atoms with E-state index in [-0.39, 0.29) is 11.4 Å². The molecule has 0 N–H and O–H groups in total. The summed E-state index contributed by atoms with van der Waals surface area (Å²) in [7, 11) is 3.72. The van der Waals surface area contributed by atoms with E-state index in [2.05, 4.69) is 6.58 Å². The Balaban J connectivity index is 2.97. The normalized spacial score (nSPS) is 23.3. The van der Waals surface area contributed by atoms with Crippen LogP contribution in [-0.2, 0) is 4.79 Å². The Morgan fingerprint density at radius 2 is 1.92 bits per heavy atom. The van der Waals surface area contributed by atoms with Gasteiger partial charge in [-0.05, 0) is 13.8 Å². The Kier molecular flexibility index (Phi) is 1.90. The zero-order valence-electron chi connectivity index (χ0n) is 8.22. The van der Waals surface area contributed by atoms with Crippen LogP contribution in [0.15, 0.2) is 12.3 Å². The van der Waals surface area contributed by atoms with Gasteiger partial charge in [0.05, 0.1) is 12.1 Å². The van der Waals surface area contributed by atoms with Crippen LogP contribution < -0.4 is 0 Å². The summed E-state index contributed by atoms with van der Waals surface area (Å²) >= 11 is 0. The highest BCUT2D eigenvalue weighted by molar-refractivity contribution is 5.80. The van der Waals surface area contributed by atoms with Crippen LogP contribution in [0.25, 0.3) is 0 Å². The van der Waals surface area contributed by atoms with Crippen LogP contribution in [0.1, 0.15) is 13.8 Å². The number of carbonyl (C=O) groups excluding carboxylic acids is 1. The molecule has 0 saturated carbocycles. The summed E-state index contributed by atoms with van der Waals surface area (Å²) in [6.07, 6.45) is 0. The Bertz CT molecular complexity index is 233. The van der Waals surface area contributed by atoms with Crippen molar-refractivity contribution in [2.24, 2.45) is 0 Å². The van der Waals surface area contributed by atoms with Crippen molar-refractivity contribution in [3.8, 4) is 0 Å². The molecule has 1 heterocycles. The van der Waals surface area contributed by atoms with E-state index in [1.807, 2.05) is 32.8 Å². The van der Waals surface area contributed by atoms with Gasteiger partial charge in [0.25, 0.3) is 0 Å². The number of hydrogen-bond acceptors (Lipinski definition) is 2. The fourth-order valence-corrected chi connectivity index (χ4v) is 1.38. The van der Waals surface area contributed by atoms with Crippen LogP contribution in [0.2, 0.25) is 0 Å². The summed E-state index contributed by atoms with van der Waals surface area (Å²) < 4.78 is 0. The summed E-state index contributed by atoms with van der Waals surface area (Å²) in [5.41, 5.74) is 0.744. The second-order valence-electron chi connectivity index (χ2n) is 3.81. The number of nitrogens with zero attached hydrogens (tertiary/aromatic N) is 2. The van der Waals surface area contributed by atoms with Crippen LogP contribution in [0.5, 0.6) is 0 Å². The van der Waals surface area contributed by atoms with Crippen LogP contribution in [-0.4, -0.2) is 41.9 Å². The van der Waals surface area contributed by atoms with E-state index >= 15 is 0 Å². The minimum Gasteiger partial charge on any atom is -0.367 e. The molecule has 0 atom stereocenters. The summed E-state index contributed by atoms with van der Waals surface area (Å²) in [5, 5.41) is 0. The van der Waals surface area contributed by atoms with E-state index in [1.165, 1.54) is 0 Å². The van der Waals surface area contributed by atoms with Crippen molar-refractivity contribution in [2.45, 2.75) is 19.4 Å². The van der Waals surface area contributed by atoms with Crippen molar-refractivity contribution in [3.05, 3.63) is 12.3 Å². The fourth-order valence-electron chi connectivity index (χ4n) is 1.38. The second-order valence-corrected chi connectivity index (χ2v) is 3.81. The minimum absolute atomic E-state index is 0.148. The second kappa shape index (κ2) is 2.51. The van der Waals surface area contributed by atoms with Gasteiger partial charge in [-0.1, -0.05) is 6.58 Å². The highest BCUT2D eigenvalue weighted by atomic mass is 16.2. The van der Waals surface area contributed by atoms with Gasteiger partial charge >= 0.3 is 0 Å². The van der Waals surface area contributed by atoms with Crippen molar-refractivity contribution < 1.29 is 4.79 Å². The Hall–Kier alpha value is -0.990. The lowest BCUT2D eigenvalue weighted by Crippen LogP contribution is -2.57. The van der Waals surface area contributed by atoms with Crippen LogP contribution >= 0.6 is 0 Å². The van der Waals surface area contributed by atoms with E-state index in [9.17, 15) is 4.79 Å². The van der Waals surface area contributed by atoms with Gasteiger partial charge in [0.15, 0.2) is 0 Å². The van der Waals surface area contributed by atoms with Gasteiger partial charge < -0.3 is 9.80 Å². The minimum atomic E-state index is -0.246. The van der Waals surface area contributed by atoms with E-state index in [1.54, 1.807) is 4.90 Å². The molecule has 0 aromatic heterocycles. The quantitative estimate of drug-likeness (QED) is 0.531. The molecule has 1 amide bonds. The summed E-state index contributed by atoms with van der Waals surface area (Å²) in [5.74, 6) is 0.148. The fraction of sp³-hybridized carbons (Fsp3) is 0.667. The predicted octanol–water partition coefficient (Wildman–Crippen LogP) is 0.682. The number of carbonyl (C=O) groups is 1. The molecular weight excluding hydrogens is 152 g/mol. The summed E-state index contributed by atoms with van der Waals surface area (Å²) in [6.45, 7) is 8.41. The zero-order chi connectivity index (χ0) is 9.52. The third-order valence-corrected chi connectivity index (χ3v) is 2.75. The Morgan fingerprint density at radius 1 is 1.42 bits per heavy atom. The topological polar surface area (TPSA) is 23.6 Å². The summed E-state index contributed by atoms with van der Waals surface area (Å²) in [6, 6.07) is 0. The maximum absolute atomic E-state index is 11.4. The first-order valence-corrected chi connectivity index (χ1v) is 4.04. The van der Waals surface area contributed by atoms with Crippen molar-refractivity contribution >= 4 is 5.91 Å². The number of piperazine rings is 1. The van der Waals surface area contributed by atoms with E-state index in [4.69, 9.17) is 0 Å². The van der Waals surface area contributed by atoms with Gasteiger partial charge in [0, 0.05) is 19.8 Å². The summed E-state index contributed by atoms with van der Waals surface area (Å²) in [4.78, 5) is 15.1. The van der Waals surface area contributed by atoms with E-state index in [0.29, 0.717) is 6.54 Å². The van der Waals surface area contributed by atoms with Crippen molar-refractivity contribution in [1.82, 2.24) is 9.80 Å². The highest BCUT2D eigenvalue weighted by Gasteiger charge is 2.37. The maximum Gasteiger partial charge on any atom is 0.242 e. The zero-order valence-corrected chi connectivity index (χ0v) is 8.22. The molecule has 0 aliphatic carbocycles. The van der Waals surface area contributed by atoms with Gasteiger partial charge in [-0.3, -0.25) is 4.79 Å². The predicted molar refractivity (Wildman–Crippen MR) is 48.6 cm³/mol. The van der Waals surface area contributed by atoms with Gasteiger partial charge in [-0.2, -0.15) is 0 Å². The first-order valence-electron chi connectivity index (χ1n) is 4.04. The smallest absolute Gasteiger partial charge is 0.242 e. The van der Waals surface area contributed by atoms with Gasteiger partial charge in [-0.25, -0.2) is 0 Å². The number of rotatable bonds is 0. The van der Waals surface area contributed by atoms with Crippen molar-refractivity contribution in [1.29, 1.82) is 0 Å². The highest BCUT2D eigenvalue weighted by Crippen LogP contribution is 2.27. The molecule has 1 fully saturated rings. The molecular formula is C9H16N2O. The molecule has 0 unspecified atom stereocenters. The number of amides is 1. The standard InChI is InChI=1S/C9H16N2O/c1-7-9(2,3)11(5)8(12)6-10(7)4/h1,6H2,2-5H3. The van der Waals surface area contributed by atoms with Crippen LogP contribution in [0.4, 0.5) is 0 Å². The third-order valence-electron chi connectivity index (χ3n) is 2.75. The average Bonchev–Trinajstić information content (AvgIpc) is 1.99. The van der Waals surface area contributed by atoms with Crippen LogP contribution in [0.3, 0.4) is 0 Å². The van der Waals surface area contributed by atoms with Gasteiger partial charge in [-0.15, -0.1) is 0 Å². The Morgan fingerprint density at radius 3 is 2.42 bits per heavy atom. The van der Waals surface area contributed by atoms with E-state index < -0.39 is 0 Å². The van der Waals surface area contributed by atoms with Crippen molar-refractivity contribution in [2.75, 3.05) is 20.6 Å². The van der Waals surface area contributed by atoms with E-state index in [0.717, 1.165) is 5.70 Å². The van der Waals surface area contributed by atoms with Crippen LogP contribution in [0, 0.1) is 0 Å². The number of likely N-dealkylation sites (N-methyl/N-ethyl adjacent to an activating group) is 2. The number of hydrogen-bond donors (Lipinski definition) is 0. The molecule has 1 rings (SSSR count). The lowest BCUT2D eigenvalue weighted by molar-refractivity contribution is -0.138. The molecule has 3 heteroatoms. The monoisotopic (exact) mass is 168 g/mol. The maximum atomic E-state index is 11.4. The molecule has 0 aromatic carbocycles. The molecule has 1 aliphatic rings. The molecule has 0 radical (unpaired) electrons. The molecule has 12 heavy (non-hydrogen) atoms. The molecule has 3 nitrogen and oxygen atoms in total. The van der Waals surface area contributed by atoms with Gasteiger partial charge in [0.1, 0.15) is 0 Å². The molecule has 0 bridgehead atoms. The largest absolute Gasteiger partial charge is 0.367 e. The van der Waals surface area contributed by atoms with Crippen molar-refractivity contribution in [3.63, 3.8) is 0 Å². The molecule has 1 aliphatic heterocycles. The molecule has 68 valence electrons. The lowest BCUT2D eigenvalue weighted by atomic mass is 9.95. The molecule has 0 aromatic rings. The first kappa shape index (κ1) is 9.10.